The molecular formula is C13H14BrNO2S2. The summed E-state index contributed by atoms with van der Waals surface area (Å²) in [7, 11) is -3.43. The highest BCUT2D eigenvalue weighted by Crippen LogP contribution is 2.23. The molecule has 102 valence electrons. The maximum absolute atomic E-state index is 12.2. The molecule has 0 aliphatic heterocycles. The largest absolute Gasteiger partial charge is 0.250 e. The maximum Gasteiger partial charge on any atom is 0.250 e. The van der Waals surface area contributed by atoms with Gasteiger partial charge in [0.2, 0.25) is 0 Å². The number of hydrogen-bond donors (Lipinski definition) is 1. The summed E-state index contributed by atoms with van der Waals surface area (Å²) in [6, 6.07) is 10.8. The molecule has 2 rings (SSSR count). The highest BCUT2D eigenvalue weighted by Gasteiger charge is 2.20. The van der Waals surface area contributed by atoms with Gasteiger partial charge in [-0.2, -0.15) is 0 Å². The van der Waals surface area contributed by atoms with Crippen molar-refractivity contribution in [3.8, 4) is 0 Å². The molecule has 0 aliphatic rings. The summed E-state index contributed by atoms with van der Waals surface area (Å²) in [5, 5.41) is 1.76. The van der Waals surface area contributed by atoms with Crippen LogP contribution in [0.5, 0.6) is 0 Å². The molecule has 2 aromatic rings. The molecule has 0 radical (unpaired) electrons. The van der Waals surface area contributed by atoms with Crippen molar-refractivity contribution in [1.29, 1.82) is 0 Å². The summed E-state index contributed by atoms with van der Waals surface area (Å²) in [5.74, 6) is 0. The summed E-state index contributed by atoms with van der Waals surface area (Å²) in [5.41, 5.74) is 0.964. The van der Waals surface area contributed by atoms with Gasteiger partial charge in [0.25, 0.3) is 10.0 Å². The number of sulfonamides is 1. The van der Waals surface area contributed by atoms with E-state index in [0.717, 1.165) is 10.0 Å². The third-order valence-corrected chi connectivity index (χ3v) is 6.14. The zero-order valence-corrected chi connectivity index (χ0v) is 13.6. The van der Waals surface area contributed by atoms with E-state index in [9.17, 15) is 8.42 Å². The van der Waals surface area contributed by atoms with Crippen LogP contribution in [0.3, 0.4) is 0 Å². The third-order valence-electron chi connectivity index (χ3n) is 2.74. The van der Waals surface area contributed by atoms with E-state index in [-0.39, 0.29) is 6.04 Å². The van der Waals surface area contributed by atoms with Crippen LogP contribution in [0, 0.1) is 0 Å². The van der Waals surface area contributed by atoms with Crippen LogP contribution in [0.25, 0.3) is 0 Å². The predicted molar refractivity (Wildman–Crippen MR) is 81.8 cm³/mol. The Balaban J connectivity index is 2.22. The molecule has 0 spiro atoms. The van der Waals surface area contributed by atoms with Gasteiger partial charge in [-0.3, -0.25) is 0 Å². The minimum absolute atomic E-state index is 0.208. The van der Waals surface area contributed by atoms with Crippen molar-refractivity contribution in [2.24, 2.45) is 0 Å². The topological polar surface area (TPSA) is 46.2 Å². The first-order valence-corrected chi connectivity index (χ1v) is 9.00. The van der Waals surface area contributed by atoms with Crippen molar-refractivity contribution in [1.82, 2.24) is 4.72 Å². The summed E-state index contributed by atoms with van der Waals surface area (Å²) >= 11 is 4.59. The van der Waals surface area contributed by atoms with Crippen LogP contribution in [-0.2, 0) is 10.0 Å². The Labute approximate surface area is 125 Å². The highest BCUT2D eigenvalue weighted by atomic mass is 79.9. The first-order chi connectivity index (χ1) is 9.03. The van der Waals surface area contributed by atoms with Gasteiger partial charge in [0, 0.05) is 10.5 Å². The lowest BCUT2D eigenvalue weighted by molar-refractivity contribution is 0.552. The number of hydrogen-bond acceptors (Lipinski definition) is 3. The second kappa shape index (κ2) is 6.17. The lowest BCUT2D eigenvalue weighted by atomic mass is 10.1. The van der Waals surface area contributed by atoms with Gasteiger partial charge in [0.1, 0.15) is 4.21 Å². The van der Waals surface area contributed by atoms with Crippen LogP contribution < -0.4 is 4.72 Å². The molecule has 1 atom stereocenters. The molecule has 1 aromatic carbocycles. The number of thiophene rings is 1. The second-order valence-electron chi connectivity index (χ2n) is 4.07. The first kappa shape index (κ1) is 14.7. The summed E-state index contributed by atoms with van der Waals surface area (Å²) < 4.78 is 28.5. The lowest BCUT2D eigenvalue weighted by Gasteiger charge is -2.17. The lowest BCUT2D eigenvalue weighted by Crippen LogP contribution is -2.27. The zero-order valence-electron chi connectivity index (χ0n) is 10.3. The van der Waals surface area contributed by atoms with Crippen molar-refractivity contribution in [3.05, 3.63) is 51.8 Å². The average Bonchev–Trinajstić information content (AvgIpc) is 2.92. The van der Waals surface area contributed by atoms with E-state index in [2.05, 4.69) is 20.7 Å². The summed E-state index contributed by atoms with van der Waals surface area (Å²) in [6.45, 7) is 1.96. The van der Waals surface area contributed by atoms with Crippen molar-refractivity contribution < 1.29 is 8.42 Å². The average molecular weight is 360 g/mol. The van der Waals surface area contributed by atoms with E-state index in [1.807, 2.05) is 31.2 Å². The molecular weight excluding hydrogens is 346 g/mol. The second-order valence-corrected chi connectivity index (χ2v) is 7.87. The molecule has 0 aliphatic carbocycles. The monoisotopic (exact) mass is 359 g/mol. The quantitative estimate of drug-likeness (QED) is 0.878. The van der Waals surface area contributed by atoms with Gasteiger partial charge >= 0.3 is 0 Å². The van der Waals surface area contributed by atoms with Crippen LogP contribution in [0.1, 0.15) is 24.9 Å². The molecule has 1 aromatic heterocycles. The Morgan fingerprint density at radius 2 is 1.95 bits per heavy atom. The number of benzene rings is 1. The normalized spacial score (nSPS) is 13.4. The molecule has 0 bridgehead atoms. The molecule has 0 fully saturated rings. The molecule has 1 N–H and O–H groups in total. The van der Waals surface area contributed by atoms with Gasteiger partial charge in [-0.25, -0.2) is 13.1 Å². The fourth-order valence-electron chi connectivity index (χ4n) is 1.74. The molecule has 0 amide bonds. The Morgan fingerprint density at radius 3 is 2.47 bits per heavy atom. The van der Waals surface area contributed by atoms with Gasteiger partial charge in [-0.15, -0.1) is 11.3 Å². The standard InChI is InChI=1S/C13H14BrNO2S2/c1-2-12(10-5-7-11(14)8-6-10)15-19(16,17)13-4-3-9-18-13/h3-9,12,15H,2H2,1H3/t12-/m1/s1. The van der Waals surface area contributed by atoms with E-state index in [4.69, 9.17) is 0 Å². The number of rotatable bonds is 5. The van der Waals surface area contributed by atoms with E-state index in [0.29, 0.717) is 10.6 Å². The molecule has 19 heavy (non-hydrogen) atoms. The fraction of sp³-hybridized carbons (Fsp3) is 0.231. The molecule has 0 saturated heterocycles. The minimum atomic E-state index is -3.43. The SMILES string of the molecule is CC[C@@H](NS(=O)(=O)c1cccs1)c1ccc(Br)cc1. The Bertz CT molecular complexity index is 621. The highest BCUT2D eigenvalue weighted by molar-refractivity contribution is 9.10. The molecule has 0 unspecified atom stereocenters. The van der Waals surface area contributed by atoms with Gasteiger partial charge in [0.15, 0.2) is 0 Å². The zero-order chi connectivity index (χ0) is 13.9. The van der Waals surface area contributed by atoms with Crippen molar-refractivity contribution in [3.63, 3.8) is 0 Å². The van der Waals surface area contributed by atoms with E-state index in [1.54, 1.807) is 17.5 Å². The van der Waals surface area contributed by atoms with Crippen molar-refractivity contribution in [2.45, 2.75) is 23.6 Å². The van der Waals surface area contributed by atoms with Crippen LogP contribution in [0.4, 0.5) is 0 Å². The smallest absolute Gasteiger partial charge is 0.206 e. The van der Waals surface area contributed by atoms with Gasteiger partial charge in [-0.1, -0.05) is 41.1 Å². The molecule has 3 nitrogen and oxygen atoms in total. The first-order valence-electron chi connectivity index (χ1n) is 5.84. The van der Waals surface area contributed by atoms with Gasteiger partial charge in [0.05, 0.1) is 0 Å². The van der Waals surface area contributed by atoms with Crippen molar-refractivity contribution >= 4 is 37.3 Å². The summed E-state index contributed by atoms with van der Waals surface area (Å²) in [6.07, 6.45) is 0.701. The van der Waals surface area contributed by atoms with E-state index >= 15 is 0 Å². The van der Waals surface area contributed by atoms with Gasteiger partial charge in [-0.05, 0) is 35.6 Å². The van der Waals surface area contributed by atoms with E-state index < -0.39 is 10.0 Å². The maximum atomic E-state index is 12.2. The number of halogens is 1. The van der Waals surface area contributed by atoms with Crippen molar-refractivity contribution in [2.75, 3.05) is 0 Å². The minimum Gasteiger partial charge on any atom is -0.206 e. The third kappa shape index (κ3) is 3.66. The Hall–Kier alpha value is -0.690. The Morgan fingerprint density at radius 1 is 1.26 bits per heavy atom. The summed E-state index contributed by atoms with van der Waals surface area (Å²) in [4.78, 5) is 0. The van der Waals surface area contributed by atoms with Crippen LogP contribution >= 0.6 is 27.3 Å². The van der Waals surface area contributed by atoms with Crippen LogP contribution in [-0.4, -0.2) is 8.42 Å². The number of nitrogens with one attached hydrogen (secondary N) is 1. The van der Waals surface area contributed by atoms with E-state index in [1.165, 1.54) is 11.3 Å². The molecule has 0 saturated carbocycles. The van der Waals surface area contributed by atoms with Crippen LogP contribution in [0.2, 0.25) is 0 Å². The van der Waals surface area contributed by atoms with Crippen LogP contribution in [0.15, 0.2) is 50.5 Å². The predicted octanol–water partition coefficient (Wildman–Crippen LogP) is 3.94. The van der Waals surface area contributed by atoms with Gasteiger partial charge < -0.3 is 0 Å². The molecule has 6 heteroatoms. The molecule has 1 heterocycles. The Kier molecular flexibility index (Phi) is 4.78. The fourth-order valence-corrected chi connectivity index (χ4v) is 4.33.